The van der Waals surface area contributed by atoms with E-state index in [2.05, 4.69) is 15.5 Å². The molecule has 0 aliphatic rings. The first kappa shape index (κ1) is 11.0. The number of nitrogens with zero attached hydrogens (tertiary/aromatic N) is 4. The van der Waals surface area contributed by atoms with Crippen LogP contribution in [0.1, 0.15) is 12.2 Å². The van der Waals surface area contributed by atoms with Crippen LogP contribution in [0, 0.1) is 0 Å². The van der Waals surface area contributed by atoms with Crippen LogP contribution in [-0.2, 0) is 6.42 Å². The molecular weight excluding hydrogens is 226 g/mol. The number of benzene rings is 1. The Bertz CT molecular complexity index is 468. The van der Waals surface area contributed by atoms with Crippen molar-refractivity contribution >= 4 is 11.6 Å². The Morgan fingerprint density at radius 3 is 3.00 bits per heavy atom. The van der Waals surface area contributed by atoms with Gasteiger partial charge in [0.05, 0.1) is 5.69 Å². The van der Waals surface area contributed by atoms with Crippen molar-refractivity contribution in [1.29, 1.82) is 0 Å². The lowest BCUT2D eigenvalue weighted by Gasteiger charge is -2.03. The van der Waals surface area contributed by atoms with E-state index in [0.717, 1.165) is 24.4 Å². The van der Waals surface area contributed by atoms with Crippen LogP contribution >= 0.6 is 11.6 Å². The molecule has 0 saturated heterocycles. The smallest absolute Gasteiger partial charge is 0.156 e. The van der Waals surface area contributed by atoms with Gasteiger partial charge in [0.15, 0.2) is 5.82 Å². The minimum absolute atomic E-state index is 0.627. The van der Waals surface area contributed by atoms with Crippen LogP contribution in [0.2, 0.25) is 5.02 Å². The fourth-order valence-corrected chi connectivity index (χ4v) is 1.61. The molecule has 6 heteroatoms. The normalized spacial score (nSPS) is 10.6. The molecule has 0 radical (unpaired) electrons. The lowest BCUT2D eigenvalue weighted by Crippen LogP contribution is -2.06. The highest BCUT2D eigenvalue weighted by Crippen LogP contribution is 2.14. The third kappa shape index (κ3) is 2.37. The Hall–Kier alpha value is -1.46. The summed E-state index contributed by atoms with van der Waals surface area (Å²) < 4.78 is 1.68. The largest absolute Gasteiger partial charge is 0.330 e. The summed E-state index contributed by atoms with van der Waals surface area (Å²) in [7, 11) is 0. The number of nitrogens with two attached hydrogens (primary N) is 1. The van der Waals surface area contributed by atoms with E-state index in [1.807, 2.05) is 24.3 Å². The molecule has 2 aromatic rings. The Balaban J connectivity index is 2.29. The fraction of sp³-hybridized carbons (Fsp3) is 0.300. The number of aryl methyl sites for hydroxylation is 1. The molecule has 2 rings (SSSR count). The van der Waals surface area contributed by atoms with Gasteiger partial charge in [0.25, 0.3) is 0 Å². The summed E-state index contributed by atoms with van der Waals surface area (Å²) >= 11 is 5.92. The lowest BCUT2D eigenvalue weighted by atomic mass is 10.3. The maximum Gasteiger partial charge on any atom is 0.156 e. The Morgan fingerprint density at radius 2 is 2.25 bits per heavy atom. The van der Waals surface area contributed by atoms with Crippen molar-refractivity contribution in [2.75, 3.05) is 6.54 Å². The van der Waals surface area contributed by atoms with E-state index in [1.54, 1.807) is 4.68 Å². The van der Waals surface area contributed by atoms with E-state index in [1.165, 1.54) is 0 Å². The number of hydrogen-bond acceptors (Lipinski definition) is 4. The van der Waals surface area contributed by atoms with Crippen LogP contribution in [0.4, 0.5) is 0 Å². The van der Waals surface area contributed by atoms with Gasteiger partial charge in [0, 0.05) is 11.4 Å². The van der Waals surface area contributed by atoms with Gasteiger partial charge in [0.2, 0.25) is 0 Å². The molecule has 0 aliphatic carbocycles. The van der Waals surface area contributed by atoms with Crippen molar-refractivity contribution in [3.63, 3.8) is 0 Å². The van der Waals surface area contributed by atoms with Crippen molar-refractivity contribution in [1.82, 2.24) is 20.2 Å². The molecule has 0 fully saturated rings. The Labute approximate surface area is 98.2 Å². The molecule has 2 N–H and O–H groups in total. The molecule has 0 unspecified atom stereocenters. The first-order valence-electron chi connectivity index (χ1n) is 5.04. The average Bonchev–Trinajstić information content (AvgIpc) is 2.74. The molecule has 1 aromatic heterocycles. The monoisotopic (exact) mass is 237 g/mol. The second kappa shape index (κ2) is 5.05. The zero-order chi connectivity index (χ0) is 11.4. The van der Waals surface area contributed by atoms with E-state index in [9.17, 15) is 0 Å². The van der Waals surface area contributed by atoms with Crippen LogP contribution < -0.4 is 5.73 Å². The predicted molar refractivity (Wildman–Crippen MR) is 61.5 cm³/mol. The molecule has 5 nitrogen and oxygen atoms in total. The third-order valence-corrected chi connectivity index (χ3v) is 2.43. The molecule has 0 spiro atoms. The summed E-state index contributed by atoms with van der Waals surface area (Å²) in [6.45, 7) is 0.627. The summed E-state index contributed by atoms with van der Waals surface area (Å²) in [5, 5.41) is 12.2. The summed E-state index contributed by atoms with van der Waals surface area (Å²) in [5.74, 6) is 0.799. The van der Waals surface area contributed by atoms with Gasteiger partial charge < -0.3 is 5.73 Å². The maximum atomic E-state index is 5.92. The minimum Gasteiger partial charge on any atom is -0.330 e. The lowest BCUT2D eigenvalue weighted by molar-refractivity contribution is 0.726. The van der Waals surface area contributed by atoms with Gasteiger partial charge in [-0.25, -0.2) is 0 Å². The number of tetrazole rings is 1. The highest BCUT2D eigenvalue weighted by molar-refractivity contribution is 6.30. The molecular formula is C10H12ClN5. The van der Waals surface area contributed by atoms with E-state index in [4.69, 9.17) is 17.3 Å². The van der Waals surface area contributed by atoms with Gasteiger partial charge in [-0.1, -0.05) is 17.7 Å². The van der Waals surface area contributed by atoms with Crippen molar-refractivity contribution in [3.8, 4) is 5.69 Å². The molecule has 1 heterocycles. The second-order valence-electron chi connectivity index (χ2n) is 3.38. The number of aromatic nitrogens is 4. The topological polar surface area (TPSA) is 69.6 Å². The van der Waals surface area contributed by atoms with Gasteiger partial charge >= 0.3 is 0 Å². The standard InChI is InChI=1S/C10H12ClN5/c11-8-3-1-4-9(7-8)16-10(5-2-6-12)13-14-15-16/h1,3-4,7H,2,5-6,12H2. The molecule has 16 heavy (non-hydrogen) atoms. The minimum atomic E-state index is 0.627. The van der Waals surface area contributed by atoms with Crippen LogP contribution in [0.5, 0.6) is 0 Å². The van der Waals surface area contributed by atoms with Gasteiger partial charge in [-0.15, -0.1) is 5.10 Å². The fourth-order valence-electron chi connectivity index (χ4n) is 1.43. The number of rotatable bonds is 4. The summed E-state index contributed by atoms with van der Waals surface area (Å²) in [4.78, 5) is 0. The maximum absolute atomic E-state index is 5.92. The number of hydrogen-bond donors (Lipinski definition) is 1. The van der Waals surface area contributed by atoms with Gasteiger partial charge in [0.1, 0.15) is 0 Å². The van der Waals surface area contributed by atoms with E-state index in [-0.39, 0.29) is 0 Å². The number of halogens is 1. The molecule has 1 aromatic carbocycles. The molecule has 0 bridgehead atoms. The highest BCUT2D eigenvalue weighted by atomic mass is 35.5. The van der Waals surface area contributed by atoms with Crippen molar-refractivity contribution in [2.45, 2.75) is 12.8 Å². The zero-order valence-electron chi connectivity index (χ0n) is 8.67. The summed E-state index contributed by atoms with van der Waals surface area (Å²) in [6, 6.07) is 7.42. The summed E-state index contributed by atoms with van der Waals surface area (Å²) in [6.07, 6.45) is 1.62. The first-order valence-corrected chi connectivity index (χ1v) is 5.42. The molecule has 0 saturated carbocycles. The van der Waals surface area contributed by atoms with Crippen LogP contribution in [0.25, 0.3) is 5.69 Å². The van der Waals surface area contributed by atoms with Gasteiger partial charge in [-0.3, -0.25) is 0 Å². The van der Waals surface area contributed by atoms with Crippen LogP contribution in [0.3, 0.4) is 0 Å². The van der Waals surface area contributed by atoms with Gasteiger partial charge in [-0.05, 0) is 41.6 Å². The van der Waals surface area contributed by atoms with E-state index in [0.29, 0.717) is 11.6 Å². The molecule has 0 atom stereocenters. The second-order valence-corrected chi connectivity index (χ2v) is 3.82. The predicted octanol–water partition coefficient (Wildman–Crippen LogP) is 1.21. The van der Waals surface area contributed by atoms with Crippen molar-refractivity contribution in [3.05, 3.63) is 35.1 Å². The Kier molecular flexibility index (Phi) is 3.48. The van der Waals surface area contributed by atoms with Crippen molar-refractivity contribution < 1.29 is 0 Å². The highest BCUT2D eigenvalue weighted by Gasteiger charge is 2.07. The average molecular weight is 238 g/mol. The molecule has 84 valence electrons. The Morgan fingerprint density at radius 1 is 1.38 bits per heavy atom. The zero-order valence-corrected chi connectivity index (χ0v) is 9.43. The molecule has 0 amide bonds. The SMILES string of the molecule is NCCCc1nnnn1-c1cccc(Cl)c1. The van der Waals surface area contributed by atoms with Crippen LogP contribution in [0.15, 0.2) is 24.3 Å². The van der Waals surface area contributed by atoms with Crippen molar-refractivity contribution in [2.24, 2.45) is 5.73 Å². The van der Waals surface area contributed by atoms with Gasteiger partial charge in [-0.2, -0.15) is 4.68 Å². The molecule has 0 aliphatic heterocycles. The van der Waals surface area contributed by atoms with E-state index < -0.39 is 0 Å². The summed E-state index contributed by atoms with van der Waals surface area (Å²) in [5.41, 5.74) is 6.32. The first-order chi connectivity index (χ1) is 7.81. The van der Waals surface area contributed by atoms with Crippen LogP contribution in [-0.4, -0.2) is 26.8 Å². The quantitative estimate of drug-likeness (QED) is 0.868. The van der Waals surface area contributed by atoms with E-state index >= 15 is 0 Å². The third-order valence-electron chi connectivity index (χ3n) is 2.19.